The van der Waals surface area contributed by atoms with E-state index in [-0.39, 0.29) is 18.9 Å². The van der Waals surface area contributed by atoms with Gasteiger partial charge in [-0.15, -0.1) is 0 Å². The van der Waals surface area contributed by atoms with Crippen molar-refractivity contribution in [2.24, 2.45) is 17.9 Å². The number of carbonyl (C=O) groups excluding carboxylic acids is 2. The molecule has 0 bridgehead atoms. The van der Waals surface area contributed by atoms with Crippen LogP contribution < -0.4 is 15.9 Å². The van der Waals surface area contributed by atoms with Crippen molar-refractivity contribution < 1.29 is 14.3 Å². The van der Waals surface area contributed by atoms with E-state index < -0.39 is 5.91 Å². The number of hydrogen-bond acceptors (Lipinski definition) is 4. The van der Waals surface area contributed by atoms with Gasteiger partial charge in [0.25, 0.3) is 5.91 Å². The van der Waals surface area contributed by atoms with E-state index in [4.69, 9.17) is 10.5 Å². The van der Waals surface area contributed by atoms with Crippen molar-refractivity contribution >= 4 is 17.5 Å². The summed E-state index contributed by atoms with van der Waals surface area (Å²) in [5.74, 6) is -0.173. The molecule has 0 spiro atoms. The molecule has 24 heavy (non-hydrogen) atoms. The smallest absolute Gasteiger partial charge is 0.255 e. The molecule has 0 aliphatic carbocycles. The van der Waals surface area contributed by atoms with E-state index in [1.165, 1.54) is 0 Å². The lowest BCUT2D eigenvalue weighted by atomic mass is 10.1. The topological polar surface area (TPSA) is 98.7 Å². The first kappa shape index (κ1) is 17.3. The minimum atomic E-state index is -0.530. The Bertz CT molecular complexity index is 747. The average molecular weight is 328 g/mol. The maximum Gasteiger partial charge on any atom is 0.255 e. The third kappa shape index (κ3) is 4.98. The summed E-state index contributed by atoms with van der Waals surface area (Å²) in [7, 11) is 1.89. The van der Waals surface area contributed by atoms with E-state index in [9.17, 15) is 9.59 Å². The Morgan fingerprint density at radius 1 is 1.25 bits per heavy atom. The molecule has 1 heterocycles. The molecule has 0 aliphatic rings. The Kier molecular flexibility index (Phi) is 5.73. The van der Waals surface area contributed by atoms with Crippen LogP contribution >= 0.6 is 0 Å². The quantitative estimate of drug-likeness (QED) is 0.585. The van der Waals surface area contributed by atoms with Gasteiger partial charge in [0.05, 0.1) is 12.1 Å². The molecule has 0 fully saturated rings. The van der Waals surface area contributed by atoms with Crippen molar-refractivity contribution in [3.8, 4) is 5.75 Å². The molecule has 7 nitrogen and oxygen atoms in total. The van der Waals surface area contributed by atoms with E-state index in [0.717, 1.165) is 11.3 Å². The van der Waals surface area contributed by atoms with Gasteiger partial charge in [-0.25, -0.2) is 5.43 Å². The normalized spacial score (nSPS) is 11.2. The van der Waals surface area contributed by atoms with Gasteiger partial charge < -0.3 is 15.0 Å². The molecule has 0 aliphatic heterocycles. The second-order valence-corrected chi connectivity index (χ2v) is 5.30. The summed E-state index contributed by atoms with van der Waals surface area (Å²) >= 11 is 0. The lowest BCUT2D eigenvalue weighted by molar-refractivity contribution is -0.121. The summed E-state index contributed by atoms with van der Waals surface area (Å²) in [5.41, 5.74) is 9.97. The van der Waals surface area contributed by atoms with Gasteiger partial charge in [-0.3, -0.25) is 9.59 Å². The number of ether oxygens (including phenoxy) is 1. The lowest BCUT2D eigenvalue weighted by Gasteiger charge is -2.06. The van der Waals surface area contributed by atoms with Crippen LogP contribution in [0.3, 0.4) is 0 Å². The van der Waals surface area contributed by atoms with Crippen LogP contribution in [0.25, 0.3) is 0 Å². The molecule has 2 amide bonds. The fourth-order valence-electron chi connectivity index (χ4n) is 2.04. The summed E-state index contributed by atoms with van der Waals surface area (Å²) in [5, 5.41) is 4.10. The van der Waals surface area contributed by atoms with E-state index in [1.807, 2.05) is 29.9 Å². The monoisotopic (exact) mass is 328 g/mol. The number of nitrogens with two attached hydrogens (primary N) is 1. The van der Waals surface area contributed by atoms with Crippen molar-refractivity contribution in [1.29, 1.82) is 0 Å². The number of rotatable bonds is 7. The van der Waals surface area contributed by atoms with Crippen LogP contribution in [0.1, 0.15) is 18.2 Å². The number of primary amides is 1. The van der Waals surface area contributed by atoms with E-state index in [2.05, 4.69) is 10.5 Å². The number of carbonyl (C=O) groups is 2. The molecular weight excluding hydrogens is 308 g/mol. The molecule has 2 rings (SSSR count). The number of hydrogen-bond donors (Lipinski definition) is 2. The molecule has 1 aromatic carbocycles. The van der Waals surface area contributed by atoms with Crippen LogP contribution in [0.2, 0.25) is 0 Å². The van der Waals surface area contributed by atoms with Crippen molar-refractivity contribution in [1.82, 2.24) is 9.99 Å². The maximum absolute atomic E-state index is 11.9. The maximum atomic E-state index is 11.9. The Morgan fingerprint density at radius 3 is 2.54 bits per heavy atom. The number of aromatic nitrogens is 1. The number of amides is 2. The summed E-state index contributed by atoms with van der Waals surface area (Å²) in [6, 6.07) is 10.8. The van der Waals surface area contributed by atoms with E-state index in [0.29, 0.717) is 11.5 Å². The van der Waals surface area contributed by atoms with E-state index >= 15 is 0 Å². The van der Waals surface area contributed by atoms with Gasteiger partial charge in [0, 0.05) is 18.9 Å². The van der Waals surface area contributed by atoms with Crippen molar-refractivity contribution in [2.75, 3.05) is 6.61 Å². The van der Waals surface area contributed by atoms with E-state index in [1.54, 1.807) is 31.2 Å². The number of aryl methyl sites for hydroxylation is 1. The van der Waals surface area contributed by atoms with Gasteiger partial charge in [-0.2, -0.15) is 5.10 Å². The minimum absolute atomic E-state index is 0.165. The zero-order valence-corrected chi connectivity index (χ0v) is 13.7. The molecule has 0 atom stereocenters. The number of benzene rings is 1. The van der Waals surface area contributed by atoms with Crippen molar-refractivity contribution in [2.45, 2.75) is 13.3 Å². The highest BCUT2D eigenvalue weighted by Crippen LogP contribution is 2.12. The number of hydrazone groups is 1. The van der Waals surface area contributed by atoms with Crippen LogP contribution in [-0.2, 0) is 23.1 Å². The van der Waals surface area contributed by atoms with Gasteiger partial charge in [0.15, 0.2) is 6.61 Å². The third-order valence-electron chi connectivity index (χ3n) is 3.39. The minimum Gasteiger partial charge on any atom is -0.484 e. The first-order chi connectivity index (χ1) is 11.5. The summed E-state index contributed by atoms with van der Waals surface area (Å²) in [4.78, 5) is 22.6. The second kappa shape index (κ2) is 7.96. The zero-order chi connectivity index (χ0) is 17.5. The fraction of sp³-hybridized carbons (Fsp3) is 0.235. The van der Waals surface area contributed by atoms with Crippen LogP contribution in [0.15, 0.2) is 47.7 Å². The Hall–Kier alpha value is -3.09. The van der Waals surface area contributed by atoms with Gasteiger partial charge in [-0.05, 0) is 48.9 Å². The second-order valence-electron chi connectivity index (χ2n) is 5.30. The number of nitrogens with zero attached hydrogens (tertiary/aromatic N) is 2. The van der Waals surface area contributed by atoms with Crippen molar-refractivity contribution in [3.63, 3.8) is 0 Å². The Morgan fingerprint density at radius 2 is 1.96 bits per heavy atom. The molecule has 0 saturated carbocycles. The van der Waals surface area contributed by atoms with Gasteiger partial charge >= 0.3 is 0 Å². The summed E-state index contributed by atoms with van der Waals surface area (Å²) in [6.45, 7) is 1.63. The first-order valence-electron chi connectivity index (χ1n) is 7.40. The predicted octanol–water partition coefficient (Wildman–Crippen LogP) is 0.972. The average Bonchev–Trinajstić information content (AvgIpc) is 2.96. The van der Waals surface area contributed by atoms with Crippen LogP contribution in [0.4, 0.5) is 0 Å². The molecular formula is C17H20N4O3. The highest BCUT2D eigenvalue weighted by atomic mass is 16.5. The molecule has 0 saturated heterocycles. The van der Waals surface area contributed by atoms with Gasteiger partial charge in [0.2, 0.25) is 5.91 Å². The summed E-state index contributed by atoms with van der Waals surface area (Å²) < 4.78 is 7.07. The molecule has 3 N–H and O–H groups in total. The highest BCUT2D eigenvalue weighted by molar-refractivity contribution is 5.99. The molecule has 0 unspecified atom stereocenters. The van der Waals surface area contributed by atoms with Crippen LogP contribution in [0.5, 0.6) is 5.75 Å². The molecule has 7 heteroatoms. The zero-order valence-electron chi connectivity index (χ0n) is 13.7. The first-order valence-corrected chi connectivity index (χ1v) is 7.40. The Labute approximate surface area is 140 Å². The van der Waals surface area contributed by atoms with Gasteiger partial charge in [-0.1, -0.05) is 0 Å². The largest absolute Gasteiger partial charge is 0.484 e. The fourth-order valence-corrected chi connectivity index (χ4v) is 2.04. The molecule has 126 valence electrons. The summed E-state index contributed by atoms with van der Waals surface area (Å²) in [6.07, 6.45) is 2.15. The van der Waals surface area contributed by atoms with Gasteiger partial charge in [0.1, 0.15) is 5.75 Å². The lowest BCUT2D eigenvalue weighted by Crippen LogP contribution is -2.22. The highest BCUT2D eigenvalue weighted by Gasteiger charge is 2.06. The molecule has 1 aromatic heterocycles. The molecule has 2 aromatic rings. The third-order valence-corrected chi connectivity index (χ3v) is 3.39. The van der Waals surface area contributed by atoms with Crippen molar-refractivity contribution in [3.05, 3.63) is 53.9 Å². The standard InChI is InChI=1S/C17H20N4O3/c1-12(13-5-7-15(8-6-13)24-11-16(18)22)19-20-17(23)10-14-4-3-9-21(14)2/h3-9H,10-11H2,1-2H3,(H2,18,22)(H,20,23). The predicted molar refractivity (Wildman–Crippen MR) is 90.6 cm³/mol. The van der Waals surface area contributed by atoms with Crippen LogP contribution in [-0.4, -0.2) is 28.7 Å². The van der Waals surface area contributed by atoms with Crippen LogP contribution in [0, 0.1) is 0 Å². The SMILES string of the molecule is CC(=NNC(=O)Cc1cccn1C)c1ccc(OCC(N)=O)cc1. The Balaban J connectivity index is 1.91. The molecule has 0 radical (unpaired) electrons. The number of nitrogens with one attached hydrogen (secondary N) is 1.